The molecule has 0 fully saturated rings. The number of phenolic OH excluding ortho intramolecular Hbond substituents is 2. The van der Waals surface area contributed by atoms with Crippen LogP contribution < -0.4 is 15.2 Å². The normalized spacial score (nSPS) is 12.2. The number of methoxy groups -OCH3 is 1. The molecule has 0 unspecified atom stereocenters. The van der Waals surface area contributed by atoms with E-state index in [1.54, 1.807) is 0 Å². The van der Waals surface area contributed by atoms with E-state index in [1.807, 2.05) is 0 Å². The van der Waals surface area contributed by atoms with Crippen molar-refractivity contribution in [2.24, 2.45) is 40.9 Å². The number of rotatable bonds is 18. The first-order valence-corrected chi connectivity index (χ1v) is 31.9. The molecule has 0 amide bonds. The fourth-order valence-corrected chi connectivity index (χ4v) is 10.8. The molecule has 1 aromatic heterocycles. The van der Waals surface area contributed by atoms with Gasteiger partial charge in [0.1, 0.15) is 53.7 Å². The van der Waals surface area contributed by atoms with Crippen LogP contribution in [0.1, 0.15) is 0 Å². The smallest absolute Gasteiger partial charge is 0.425 e. The molecule has 41 nitrogen and oxygen atoms in total. The topological polar surface area (TPSA) is 656 Å². The predicted octanol–water partition coefficient (Wildman–Crippen LogP) is 6.22. The van der Waals surface area contributed by atoms with Crippen molar-refractivity contribution in [3.63, 3.8) is 0 Å². The molecule has 0 saturated heterocycles. The lowest BCUT2D eigenvalue weighted by molar-refractivity contribution is -0.384. The van der Waals surface area contributed by atoms with Gasteiger partial charge < -0.3 is 30.5 Å². The van der Waals surface area contributed by atoms with Crippen LogP contribution in [0.3, 0.4) is 0 Å². The van der Waals surface area contributed by atoms with Gasteiger partial charge in [-0.1, -0.05) is 6.07 Å². The number of nitrogens with zero attached hydrogens (tertiary/aromatic N) is 11. The van der Waals surface area contributed by atoms with Gasteiger partial charge in [-0.25, -0.2) is 0 Å². The van der Waals surface area contributed by atoms with Gasteiger partial charge in [0.15, 0.2) is 17.2 Å². The number of anilines is 1. The third-order valence-corrected chi connectivity index (χ3v) is 15.7. The summed E-state index contributed by atoms with van der Waals surface area (Å²) >= 11 is 0. The number of aromatic nitrogens is 2. The van der Waals surface area contributed by atoms with Gasteiger partial charge >= 0.3 is 21.2 Å². The summed E-state index contributed by atoms with van der Waals surface area (Å²) in [6, 6.07) is 14.1. The van der Waals surface area contributed by atoms with Gasteiger partial charge in [-0.05, 0) is 78.9 Å². The molecule has 478 valence electrons. The zero-order valence-electron chi connectivity index (χ0n) is 43.8. The Labute approximate surface area is 508 Å². The monoisotopic (exact) mass is 1400 g/mol. The van der Waals surface area contributed by atoms with Gasteiger partial charge in [-0.2, -0.15) is 51.9 Å². The maximum atomic E-state index is 13.1. The van der Waals surface area contributed by atoms with Crippen molar-refractivity contribution < 1.29 is 125 Å². The molecule has 0 aliphatic carbocycles. The van der Waals surface area contributed by atoms with Gasteiger partial charge in [-0.3, -0.25) is 37.7 Å². The van der Waals surface area contributed by atoms with Crippen molar-refractivity contribution in [1.29, 1.82) is 0 Å². The number of nitro groups is 1. The van der Waals surface area contributed by atoms with Gasteiger partial charge in [0.2, 0.25) is 11.6 Å². The highest BCUT2D eigenvalue weighted by molar-refractivity contribution is 7.87. The average Bonchev–Trinajstić information content (AvgIpc) is 1.35. The first-order valence-electron chi connectivity index (χ1n) is 22.7. The number of benzene rings is 7. The van der Waals surface area contributed by atoms with Crippen molar-refractivity contribution in [3.05, 3.63) is 107 Å². The third-order valence-electron chi connectivity index (χ3n) is 11.2. The molecule has 8 aromatic rings. The fourth-order valence-electron chi connectivity index (χ4n) is 7.54. The summed E-state index contributed by atoms with van der Waals surface area (Å²) in [5.74, 6) is -3.99. The molecule has 0 aliphatic rings. The second kappa shape index (κ2) is 27.0. The molecule has 8 rings (SSSR count). The Kier molecular flexibility index (Phi) is 20.6. The molecule has 10 N–H and O–H groups in total. The Hall–Kier alpha value is -10.7. The number of nitrogens with two attached hydrogens (primary N) is 1. The number of hydrogen-bond acceptors (Lipinski definition) is 34. The second-order valence-electron chi connectivity index (χ2n) is 16.7. The van der Waals surface area contributed by atoms with Crippen LogP contribution in [0.4, 0.5) is 56.9 Å². The second-order valence-corrected chi connectivity index (χ2v) is 24.5. The Morgan fingerprint density at radius 1 is 0.549 bits per heavy atom. The molecule has 0 saturated carbocycles. The van der Waals surface area contributed by atoms with E-state index in [-0.39, 0.29) is 29.3 Å². The number of ether oxygens (including phenoxy) is 2. The van der Waals surface area contributed by atoms with E-state index in [0.717, 1.165) is 78.9 Å². The summed E-state index contributed by atoms with van der Waals surface area (Å²) in [6.07, 6.45) is 0. The number of fused-ring (bicyclic) bond motifs is 2. The highest BCUT2D eigenvalue weighted by Gasteiger charge is 2.30. The van der Waals surface area contributed by atoms with Crippen LogP contribution in [0.2, 0.25) is 0 Å². The number of phenols is 2. The molecular formula is C43H30N12O29S7. The lowest BCUT2D eigenvalue weighted by Crippen LogP contribution is -2.03. The number of nitrogen functional groups attached to an aromatic ring is 1. The lowest BCUT2D eigenvalue weighted by atomic mass is 10.1. The summed E-state index contributed by atoms with van der Waals surface area (Å²) in [5.41, 5.74) is -0.135. The van der Waals surface area contributed by atoms with Crippen molar-refractivity contribution in [1.82, 2.24) is 9.78 Å². The number of carbonyl (C=O) groups is 1. The van der Waals surface area contributed by atoms with Crippen LogP contribution in [0.15, 0.2) is 162 Å². The first kappa shape index (κ1) is 69.4. The molecule has 7 aromatic carbocycles. The summed E-state index contributed by atoms with van der Waals surface area (Å²) < 4.78 is 237. The third kappa shape index (κ3) is 16.4. The molecule has 0 atom stereocenters. The maximum Gasteiger partial charge on any atom is 0.425 e. The van der Waals surface area contributed by atoms with Gasteiger partial charge in [-0.15, -0.1) is 66.2 Å². The molecule has 0 radical (unpaired) electrons. The minimum absolute atomic E-state index is 0.0793. The van der Waals surface area contributed by atoms with Gasteiger partial charge in [0.05, 0.1) is 45.4 Å². The van der Waals surface area contributed by atoms with Crippen molar-refractivity contribution >= 4 is 157 Å². The summed E-state index contributed by atoms with van der Waals surface area (Å²) in [6.45, 7) is -0.150. The average molecular weight is 1400 g/mol. The number of carbonyl (C=O) groups excluding carboxylic acids is 1. The van der Waals surface area contributed by atoms with Crippen LogP contribution in [0.25, 0.3) is 27.2 Å². The fraction of sp³-hybridized carbons (Fsp3) is 0.0233. The number of non-ortho nitro benzene ring substituents is 1. The van der Waals surface area contributed by atoms with Crippen LogP contribution >= 0.6 is 0 Å². The van der Waals surface area contributed by atoms with Crippen LogP contribution in [0, 0.1) is 10.1 Å². The van der Waals surface area contributed by atoms with Gasteiger partial charge in [0, 0.05) is 22.2 Å². The quantitative estimate of drug-likeness (QED) is 0.0115. The lowest BCUT2D eigenvalue weighted by Gasteiger charge is -2.13. The molecule has 91 heavy (non-hydrogen) atoms. The molecule has 0 bridgehead atoms. The number of aromatic hydroxyl groups is 3. The predicted molar refractivity (Wildman–Crippen MR) is 299 cm³/mol. The van der Waals surface area contributed by atoms with Crippen molar-refractivity contribution in [2.45, 2.75) is 24.5 Å². The minimum Gasteiger partial charge on any atom is -0.505 e. The standard InChI is InChI=1S/C43H30N12O23S5.2O3S/c1-77-31-15-21(55(60)61)5-11-26(31)46-48-28-12-9-24-32(80(65,66)67)17-30(36(44)35(24)40(28)58)50-49-29-13-8-23-25(41(29)83(74,75)76)16-34(82(71,72)73)37(39(23)57)51-45-19-2-10-27(33(14-19)81(68,69)70)47-52-38-42(78-18-56)53-54(43(38)59)20-3-6-22(7-4-20)79(62,63)64;2*1-4(2)3/h2-18,57-59H,44H2,1H3,(H,62,63,64)(H,65,66,67)(H,68,69,70)(H,71,72,73)(H,74,75,76);;. The number of azo groups is 4. The molecule has 0 spiro atoms. The van der Waals surface area contributed by atoms with E-state index in [4.69, 9.17) is 40.5 Å². The van der Waals surface area contributed by atoms with E-state index >= 15 is 0 Å². The van der Waals surface area contributed by atoms with Crippen LogP contribution in [0.5, 0.6) is 29.0 Å². The zero-order chi connectivity index (χ0) is 68.0. The molecule has 1 heterocycles. The Bertz CT molecular complexity index is 5300. The highest BCUT2D eigenvalue weighted by Crippen LogP contribution is 2.49. The van der Waals surface area contributed by atoms with E-state index in [1.165, 1.54) is 7.11 Å². The molecule has 48 heteroatoms. The first-order chi connectivity index (χ1) is 42.2. The Morgan fingerprint density at radius 2 is 1.07 bits per heavy atom. The molecule has 0 aliphatic heterocycles. The number of hydrogen-bond donors (Lipinski definition) is 9. The van der Waals surface area contributed by atoms with E-state index in [0.29, 0.717) is 22.9 Å². The summed E-state index contributed by atoms with van der Waals surface area (Å²) in [7, 11) is -31.6. The van der Waals surface area contributed by atoms with Crippen molar-refractivity contribution in [3.8, 4) is 34.7 Å². The maximum absolute atomic E-state index is 13.1. The van der Waals surface area contributed by atoms with Gasteiger partial charge in [0.25, 0.3) is 68.6 Å². The van der Waals surface area contributed by atoms with Crippen LogP contribution in [-0.2, 0) is 76.6 Å². The zero-order valence-corrected chi connectivity index (χ0v) is 49.5. The van der Waals surface area contributed by atoms with E-state index in [9.17, 15) is 95.1 Å². The summed E-state index contributed by atoms with van der Waals surface area (Å²) in [5, 5.41) is 76.1. The minimum atomic E-state index is -5.64. The Morgan fingerprint density at radius 3 is 1.62 bits per heavy atom. The van der Waals surface area contributed by atoms with Crippen LogP contribution in [-0.4, -0.2) is 134 Å². The largest absolute Gasteiger partial charge is 0.505 e. The van der Waals surface area contributed by atoms with E-state index < -0.39 is 192 Å². The summed E-state index contributed by atoms with van der Waals surface area (Å²) in [4.78, 5) is 16.4. The Balaban J connectivity index is 0.00000155. The van der Waals surface area contributed by atoms with Crippen molar-refractivity contribution in [2.75, 3.05) is 12.8 Å². The van der Waals surface area contributed by atoms with E-state index in [2.05, 4.69) is 46.0 Å². The SMILES string of the molecule is COc1cc([N+](=O)[O-])ccc1N=Nc1ccc2c(S(=O)(=O)O)cc(N=Nc3ccc4c(O)c(N=Nc5ccc(N=Nc6c(OC=O)nn(-c7ccc(S(=O)(=O)O)cc7)c6O)c(S(=O)(=O)O)c5)c(S(=O)(=O)O)cc4c3S(=O)(=O)O)c(N)c2c1O.O=S(=O)=O.O=S(=O)=O. The molecular weight excluding hydrogens is 1370 g/mol. The number of nitro benzene ring substituents is 1. The highest BCUT2D eigenvalue weighted by atomic mass is 32.2.